The van der Waals surface area contributed by atoms with Gasteiger partial charge in [0.25, 0.3) is 5.91 Å². The Balaban J connectivity index is 1.57. The van der Waals surface area contributed by atoms with Gasteiger partial charge in [0.2, 0.25) is 0 Å². The standard InChI is InChI=1S/C19H18F3N3O5S2/c20-19(21,22)15-9-23-18(31-15)24-17(26)16(25-30-12-7-8-29-10-12)11-1-3-13(4-2-11)32(27,28)14-5-6-14/h1-4,9,12,14H,5-8,10H2,(H,23,24,26)/b25-16+/t12-/m1/s1. The van der Waals surface area contributed by atoms with E-state index in [4.69, 9.17) is 9.57 Å². The van der Waals surface area contributed by atoms with Crippen LogP contribution < -0.4 is 5.32 Å². The summed E-state index contributed by atoms with van der Waals surface area (Å²) in [6.45, 7) is 0.771. The van der Waals surface area contributed by atoms with Gasteiger partial charge in [0, 0.05) is 12.0 Å². The minimum atomic E-state index is -4.58. The zero-order chi connectivity index (χ0) is 22.9. The summed E-state index contributed by atoms with van der Waals surface area (Å²) < 4.78 is 68.4. The quantitative estimate of drug-likeness (QED) is 0.473. The molecule has 2 aliphatic rings. The lowest BCUT2D eigenvalue weighted by Crippen LogP contribution is -2.25. The monoisotopic (exact) mass is 489 g/mol. The molecule has 172 valence electrons. The molecule has 1 aromatic carbocycles. The van der Waals surface area contributed by atoms with Gasteiger partial charge < -0.3 is 9.57 Å². The van der Waals surface area contributed by atoms with Crippen molar-refractivity contribution in [1.29, 1.82) is 0 Å². The van der Waals surface area contributed by atoms with E-state index >= 15 is 0 Å². The van der Waals surface area contributed by atoms with Gasteiger partial charge in [-0.25, -0.2) is 13.4 Å². The number of ether oxygens (including phenoxy) is 1. The van der Waals surface area contributed by atoms with Crippen LogP contribution >= 0.6 is 11.3 Å². The van der Waals surface area contributed by atoms with Crippen molar-refractivity contribution in [2.24, 2.45) is 5.16 Å². The molecule has 1 amide bonds. The first-order chi connectivity index (χ1) is 15.1. The maximum atomic E-state index is 12.8. The molecule has 13 heteroatoms. The Bertz CT molecular complexity index is 1120. The molecule has 2 heterocycles. The molecule has 0 unspecified atom stereocenters. The summed E-state index contributed by atoms with van der Waals surface area (Å²) in [6.07, 6.45) is -2.52. The number of hydrogen-bond donors (Lipinski definition) is 1. The number of amides is 1. The smallest absolute Gasteiger partial charge is 0.389 e. The van der Waals surface area contributed by atoms with E-state index in [2.05, 4.69) is 15.5 Å². The van der Waals surface area contributed by atoms with Gasteiger partial charge in [-0.3, -0.25) is 10.1 Å². The number of aromatic nitrogens is 1. The number of nitrogens with one attached hydrogen (secondary N) is 1. The van der Waals surface area contributed by atoms with Crippen LogP contribution in [0.3, 0.4) is 0 Å². The Labute approximate surface area is 185 Å². The number of oxime groups is 1. The third kappa shape index (κ3) is 5.10. The van der Waals surface area contributed by atoms with Crippen LogP contribution in [0.15, 0.2) is 40.5 Å². The Morgan fingerprint density at radius 3 is 2.50 bits per heavy atom. The van der Waals surface area contributed by atoms with Crippen molar-refractivity contribution in [1.82, 2.24) is 4.98 Å². The van der Waals surface area contributed by atoms with Gasteiger partial charge in [-0.2, -0.15) is 13.2 Å². The summed E-state index contributed by atoms with van der Waals surface area (Å²) in [5.41, 5.74) is 0.0137. The Hall–Kier alpha value is -2.51. The SMILES string of the molecule is O=C(Nc1ncc(C(F)(F)F)s1)/C(=N/O[C@@H]1CCOC1)c1ccc(S(=O)(=O)C2CC2)cc1. The van der Waals surface area contributed by atoms with Crippen molar-refractivity contribution >= 4 is 37.9 Å². The molecule has 1 aromatic heterocycles. The lowest BCUT2D eigenvalue weighted by molar-refractivity contribution is -0.134. The van der Waals surface area contributed by atoms with Gasteiger partial charge in [-0.1, -0.05) is 28.6 Å². The maximum Gasteiger partial charge on any atom is 0.427 e. The molecule has 2 aromatic rings. The highest BCUT2D eigenvalue weighted by Gasteiger charge is 2.37. The number of thiazole rings is 1. The molecule has 4 rings (SSSR count). The first kappa shape index (κ1) is 22.7. The molecule has 32 heavy (non-hydrogen) atoms. The Morgan fingerprint density at radius 1 is 1.22 bits per heavy atom. The van der Waals surface area contributed by atoms with Crippen molar-refractivity contribution in [3.8, 4) is 0 Å². The van der Waals surface area contributed by atoms with Crippen molar-refractivity contribution in [2.45, 2.75) is 41.7 Å². The zero-order valence-electron chi connectivity index (χ0n) is 16.5. The molecule has 1 N–H and O–H groups in total. The summed E-state index contributed by atoms with van der Waals surface area (Å²) in [7, 11) is -3.42. The third-order valence-electron chi connectivity index (χ3n) is 4.82. The molecule has 8 nitrogen and oxygen atoms in total. The van der Waals surface area contributed by atoms with Crippen molar-refractivity contribution < 1.29 is 36.0 Å². The van der Waals surface area contributed by atoms with Gasteiger partial charge >= 0.3 is 6.18 Å². The van der Waals surface area contributed by atoms with E-state index in [0.717, 1.165) is 0 Å². The van der Waals surface area contributed by atoms with Crippen LogP contribution in [-0.4, -0.2) is 49.6 Å². The molecular formula is C19H18F3N3O5S2. The fraction of sp³-hybridized carbons (Fsp3) is 0.421. The van der Waals surface area contributed by atoms with Gasteiger partial charge in [0.1, 0.15) is 4.88 Å². The van der Waals surface area contributed by atoms with E-state index in [9.17, 15) is 26.4 Å². The minimum absolute atomic E-state index is 0.128. The number of sulfone groups is 1. The van der Waals surface area contributed by atoms with E-state index in [1.807, 2.05) is 0 Å². The number of nitrogens with zero attached hydrogens (tertiary/aromatic N) is 2. The predicted molar refractivity (Wildman–Crippen MR) is 109 cm³/mol. The highest BCUT2D eigenvalue weighted by molar-refractivity contribution is 7.92. The lowest BCUT2D eigenvalue weighted by Gasteiger charge is -2.10. The molecule has 0 spiro atoms. The van der Waals surface area contributed by atoms with Crippen LogP contribution in [0.1, 0.15) is 29.7 Å². The normalized spacial score (nSPS) is 19.7. The van der Waals surface area contributed by atoms with E-state index in [-0.39, 0.29) is 44.0 Å². The van der Waals surface area contributed by atoms with E-state index in [0.29, 0.717) is 38.7 Å². The number of halogens is 3. The summed E-state index contributed by atoms with van der Waals surface area (Å²) >= 11 is 0.277. The van der Waals surface area contributed by atoms with Gasteiger partial charge in [0.05, 0.1) is 29.6 Å². The van der Waals surface area contributed by atoms with Crippen LogP contribution in [0.5, 0.6) is 0 Å². The van der Waals surface area contributed by atoms with Crippen LogP contribution in [0, 0.1) is 0 Å². The highest BCUT2D eigenvalue weighted by atomic mass is 32.2. The summed E-state index contributed by atoms with van der Waals surface area (Å²) in [5.74, 6) is -0.843. The second-order valence-electron chi connectivity index (χ2n) is 7.28. The predicted octanol–water partition coefficient (Wildman–Crippen LogP) is 3.25. The molecule has 1 saturated heterocycles. The van der Waals surface area contributed by atoms with Gasteiger partial charge in [-0.15, -0.1) is 0 Å². The van der Waals surface area contributed by atoms with Crippen LogP contribution in [0.25, 0.3) is 0 Å². The van der Waals surface area contributed by atoms with Crippen molar-refractivity contribution in [3.63, 3.8) is 0 Å². The fourth-order valence-corrected chi connectivity index (χ4v) is 5.28. The average Bonchev–Trinajstić information content (AvgIpc) is 3.28. The number of carbonyl (C=O) groups excluding carboxylic acids is 1. The van der Waals surface area contributed by atoms with Crippen molar-refractivity contribution in [3.05, 3.63) is 40.9 Å². The lowest BCUT2D eigenvalue weighted by atomic mass is 10.1. The summed E-state index contributed by atoms with van der Waals surface area (Å²) in [6, 6.07) is 5.56. The van der Waals surface area contributed by atoms with Gasteiger partial charge in [-0.05, 0) is 25.0 Å². The van der Waals surface area contributed by atoms with Crippen molar-refractivity contribution in [2.75, 3.05) is 18.5 Å². The largest absolute Gasteiger partial charge is 0.427 e. The maximum absolute atomic E-state index is 12.8. The number of alkyl halides is 3. The third-order valence-corrected chi connectivity index (χ3v) is 8.06. The molecule has 0 bridgehead atoms. The topological polar surface area (TPSA) is 107 Å². The number of rotatable bonds is 7. The number of anilines is 1. The van der Waals surface area contributed by atoms with E-state index in [1.54, 1.807) is 0 Å². The second-order valence-corrected chi connectivity index (χ2v) is 10.5. The molecule has 1 aliphatic carbocycles. The minimum Gasteiger partial charge on any atom is -0.389 e. The van der Waals surface area contributed by atoms with Crippen LogP contribution in [-0.2, 0) is 30.4 Å². The molecular weight excluding hydrogens is 471 g/mol. The van der Waals surface area contributed by atoms with Crippen LogP contribution in [0.4, 0.5) is 18.3 Å². The first-order valence-corrected chi connectivity index (χ1v) is 12.0. The molecule has 2 fully saturated rings. The molecule has 1 aliphatic heterocycles. The average molecular weight is 489 g/mol. The number of benzene rings is 1. The molecule has 1 saturated carbocycles. The first-order valence-electron chi connectivity index (χ1n) is 9.65. The number of carbonyl (C=O) groups is 1. The number of hydrogen-bond acceptors (Lipinski definition) is 8. The zero-order valence-corrected chi connectivity index (χ0v) is 18.1. The molecule has 0 radical (unpaired) electrons. The van der Waals surface area contributed by atoms with Crippen LogP contribution in [0.2, 0.25) is 0 Å². The fourth-order valence-electron chi connectivity index (χ4n) is 2.94. The summed E-state index contributed by atoms with van der Waals surface area (Å²) in [4.78, 5) is 20.9. The van der Waals surface area contributed by atoms with E-state index in [1.165, 1.54) is 24.3 Å². The highest BCUT2D eigenvalue weighted by Crippen LogP contribution is 2.35. The Morgan fingerprint density at radius 2 is 1.94 bits per heavy atom. The Kier molecular flexibility index (Phi) is 6.23. The molecule has 1 atom stereocenters. The second kappa shape index (κ2) is 8.79. The van der Waals surface area contributed by atoms with E-state index < -0.39 is 26.8 Å². The summed E-state index contributed by atoms with van der Waals surface area (Å²) in [5, 5.41) is 5.54. The van der Waals surface area contributed by atoms with Gasteiger partial charge in [0.15, 0.2) is 26.8 Å².